The number of fused-ring (bicyclic) bond motifs is 1. The summed E-state index contributed by atoms with van der Waals surface area (Å²) in [6, 6.07) is 3.61. The van der Waals surface area contributed by atoms with Gasteiger partial charge in [0.1, 0.15) is 16.9 Å². The first-order chi connectivity index (χ1) is 8.60. The molecule has 6 nitrogen and oxygen atoms in total. The lowest BCUT2D eigenvalue weighted by Crippen LogP contribution is -2.50. The van der Waals surface area contributed by atoms with Crippen LogP contribution >= 0.6 is 0 Å². The second kappa shape index (κ2) is 3.71. The van der Waals surface area contributed by atoms with Crippen LogP contribution in [-0.2, 0) is 4.79 Å². The number of anilines is 1. The third kappa shape index (κ3) is 1.53. The van der Waals surface area contributed by atoms with Crippen LogP contribution in [0.15, 0.2) is 29.0 Å². The molecule has 0 saturated carbocycles. The van der Waals surface area contributed by atoms with Gasteiger partial charge in [-0.15, -0.1) is 0 Å². The van der Waals surface area contributed by atoms with Gasteiger partial charge in [0.05, 0.1) is 11.6 Å². The number of hydrogen-bond acceptors (Lipinski definition) is 5. The lowest BCUT2D eigenvalue weighted by molar-refractivity contribution is -0.142. The molecule has 0 aromatic carbocycles. The van der Waals surface area contributed by atoms with Crippen molar-refractivity contribution in [3.8, 4) is 0 Å². The minimum absolute atomic E-state index is 0.264. The zero-order chi connectivity index (χ0) is 12.8. The van der Waals surface area contributed by atoms with Crippen LogP contribution in [0.25, 0.3) is 11.0 Å². The van der Waals surface area contributed by atoms with Crippen molar-refractivity contribution in [1.82, 2.24) is 4.98 Å². The Balaban J connectivity index is 1.98. The summed E-state index contributed by atoms with van der Waals surface area (Å²) < 4.78 is 5.30. The van der Waals surface area contributed by atoms with E-state index in [0.29, 0.717) is 13.0 Å². The highest BCUT2D eigenvalue weighted by Crippen LogP contribution is 2.30. The van der Waals surface area contributed by atoms with E-state index in [-0.39, 0.29) is 6.54 Å². The Bertz CT molecular complexity index is 609. The van der Waals surface area contributed by atoms with Crippen LogP contribution < -0.4 is 10.6 Å². The molecular formula is C12H13N3O3. The molecular weight excluding hydrogens is 234 g/mol. The summed E-state index contributed by atoms with van der Waals surface area (Å²) in [5.74, 6) is -0.237. The van der Waals surface area contributed by atoms with Crippen molar-refractivity contribution in [2.24, 2.45) is 5.73 Å². The van der Waals surface area contributed by atoms with Crippen molar-refractivity contribution in [1.29, 1.82) is 0 Å². The zero-order valence-corrected chi connectivity index (χ0v) is 9.67. The van der Waals surface area contributed by atoms with Crippen LogP contribution in [0.2, 0.25) is 0 Å². The molecule has 94 valence electrons. The van der Waals surface area contributed by atoms with Crippen molar-refractivity contribution in [2.75, 3.05) is 18.0 Å². The number of rotatable bonds is 2. The number of nitrogens with two attached hydrogens (primary N) is 1. The molecule has 1 fully saturated rings. The number of aromatic nitrogens is 1. The number of carbonyl (C=O) groups is 1. The highest BCUT2D eigenvalue weighted by atomic mass is 16.4. The van der Waals surface area contributed by atoms with Gasteiger partial charge < -0.3 is 20.2 Å². The Hall–Kier alpha value is -2.08. The minimum Gasteiger partial charge on any atom is -0.480 e. The highest BCUT2D eigenvalue weighted by Gasteiger charge is 2.42. The van der Waals surface area contributed by atoms with E-state index >= 15 is 0 Å². The number of furan rings is 1. The lowest BCUT2D eigenvalue weighted by atomic mass is 10.0. The van der Waals surface area contributed by atoms with Crippen LogP contribution in [0.5, 0.6) is 0 Å². The maximum Gasteiger partial charge on any atom is 0.325 e. The maximum atomic E-state index is 11.1. The molecule has 0 radical (unpaired) electrons. The van der Waals surface area contributed by atoms with Gasteiger partial charge in [-0.1, -0.05) is 0 Å². The number of hydrogen-bond donors (Lipinski definition) is 2. The summed E-state index contributed by atoms with van der Waals surface area (Å²) in [6.45, 7) is 0.847. The molecule has 1 atom stereocenters. The molecule has 1 saturated heterocycles. The molecule has 0 bridgehead atoms. The van der Waals surface area contributed by atoms with Crippen LogP contribution in [0.1, 0.15) is 6.42 Å². The van der Waals surface area contributed by atoms with Gasteiger partial charge in [-0.2, -0.15) is 0 Å². The van der Waals surface area contributed by atoms with E-state index in [1.165, 1.54) is 0 Å². The number of aliphatic carboxylic acids is 1. The van der Waals surface area contributed by atoms with Gasteiger partial charge >= 0.3 is 5.97 Å². The predicted molar refractivity (Wildman–Crippen MR) is 65.4 cm³/mol. The normalized spacial score (nSPS) is 23.7. The van der Waals surface area contributed by atoms with Gasteiger partial charge in [-0.05, 0) is 18.6 Å². The van der Waals surface area contributed by atoms with E-state index in [1.807, 2.05) is 11.0 Å². The molecule has 3 rings (SSSR count). The van der Waals surface area contributed by atoms with E-state index in [9.17, 15) is 4.79 Å². The van der Waals surface area contributed by atoms with Gasteiger partial charge in [0.25, 0.3) is 0 Å². The molecule has 0 spiro atoms. The minimum atomic E-state index is -1.19. The van der Waals surface area contributed by atoms with Crippen molar-refractivity contribution in [3.63, 3.8) is 0 Å². The third-order valence-corrected chi connectivity index (χ3v) is 3.39. The molecule has 6 heteroatoms. The summed E-state index contributed by atoms with van der Waals surface area (Å²) in [6.07, 6.45) is 3.66. The maximum absolute atomic E-state index is 11.1. The largest absolute Gasteiger partial charge is 0.480 e. The van der Waals surface area contributed by atoms with Crippen molar-refractivity contribution in [3.05, 3.63) is 24.6 Å². The van der Waals surface area contributed by atoms with Gasteiger partial charge in [0.15, 0.2) is 0 Å². The summed E-state index contributed by atoms with van der Waals surface area (Å²) in [5.41, 5.74) is 5.41. The van der Waals surface area contributed by atoms with Gasteiger partial charge in [-0.25, -0.2) is 4.98 Å². The predicted octanol–water partition coefficient (Wildman–Crippen LogP) is 0.820. The Kier molecular flexibility index (Phi) is 2.27. The standard InChI is InChI=1S/C12H13N3O3/c13-12(11(16)17)3-5-15(7-12)10-8-2-6-18-9(8)1-4-14-10/h1-2,4,6H,3,5,7,13H2,(H,16,17). The van der Waals surface area contributed by atoms with Crippen LogP contribution in [0.4, 0.5) is 5.82 Å². The SMILES string of the molecule is NC1(C(=O)O)CCN(c2nccc3occc23)C1. The molecule has 2 aromatic heterocycles. The molecule has 18 heavy (non-hydrogen) atoms. The quantitative estimate of drug-likeness (QED) is 0.816. The third-order valence-electron chi connectivity index (χ3n) is 3.39. The Morgan fingerprint density at radius 1 is 1.56 bits per heavy atom. The van der Waals surface area contributed by atoms with Crippen LogP contribution in [-0.4, -0.2) is 34.7 Å². The second-order valence-electron chi connectivity index (χ2n) is 4.60. The molecule has 1 unspecified atom stereocenters. The monoisotopic (exact) mass is 247 g/mol. The summed E-state index contributed by atoms with van der Waals surface area (Å²) in [7, 11) is 0. The lowest BCUT2D eigenvalue weighted by Gasteiger charge is -2.21. The molecule has 1 aliphatic heterocycles. The first kappa shape index (κ1) is 11.0. The van der Waals surface area contributed by atoms with Crippen molar-refractivity contribution < 1.29 is 14.3 Å². The zero-order valence-electron chi connectivity index (χ0n) is 9.67. The van der Waals surface area contributed by atoms with Crippen LogP contribution in [0.3, 0.4) is 0 Å². The summed E-state index contributed by atoms with van der Waals surface area (Å²) >= 11 is 0. The number of carboxylic acids is 1. The molecule has 3 heterocycles. The number of nitrogens with zero attached hydrogens (tertiary/aromatic N) is 2. The molecule has 3 N–H and O–H groups in total. The van der Waals surface area contributed by atoms with Crippen molar-refractivity contribution in [2.45, 2.75) is 12.0 Å². The fraction of sp³-hybridized carbons (Fsp3) is 0.333. The first-order valence-electron chi connectivity index (χ1n) is 5.70. The number of carboxylic acid groups (broad SMARTS) is 1. The Labute approximate surface area is 103 Å². The summed E-state index contributed by atoms with van der Waals surface area (Å²) in [5, 5.41) is 10.0. The van der Waals surface area contributed by atoms with E-state index in [1.54, 1.807) is 18.5 Å². The van der Waals surface area contributed by atoms with Gasteiger partial charge in [0, 0.05) is 19.3 Å². The highest BCUT2D eigenvalue weighted by molar-refractivity contribution is 5.89. The summed E-state index contributed by atoms with van der Waals surface area (Å²) in [4.78, 5) is 17.3. The van der Waals surface area contributed by atoms with Crippen molar-refractivity contribution >= 4 is 22.8 Å². The van der Waals surface area contributed by atoms with E-state index < -0.39 is 11.5 Å². The number of pyridine rings is 1. The molecule has 0 aliphatic carbocycles. The van der Waals surface area contributed by atoms with E-state index in [4.69, 9.17) is 15.3 Å². The van der Waals surface area contributed by atoms with E-state index in [2.05, 4.69) is 4.98 Å². The first-order valence-corrected chi connectivity index (χ1v) is 5.70. The molecule has 2 aromatic rings. The Morgan fingerprint density at radius 3 is 3.11 bits per heavy atom. The second-order valence-corrected chi connectivity index (χ2v) is 4.60. The van der Waals surface area contributed by atoms with Gasteiger partial charge in [-0.3, -0.25) is 4.79 Å². The molecule has 0 amide bonds. The fourth-order valence-corrected chi connectivity index (χ4v) is 2.32. The van der Waals surface area contributed by atoms with Gasteiger partial charge in [0.2, 0.25) is 0 Å². The Morgan fingerprint density at radius 2 is 2.39 bits per heavy atom. The van der Waals surface area contributed by atoms with E-state index in [0.717, 1.165) is 16.8 Å². The fourth-order valence-electron chi connectivity index (χ4n) is 2.32. The topological polar surface area (TPSA) is 92.6 Å². The average molecular weight is 247 g/mol. The smallest absolute Gasteiger partial charge is 0.325 e. The average Bonchev–Trinajstić information content (AvgIpc) is 2.95. The molecule has 1 aliphatic rings. The van der Waals surface area contributed by atoms with Crippen LogP contribution in [0, 0.1) is 0 Å².